The lowest BCUT2D eigenvalue weighted by molar-refractivity contribution is 0.307. The van der Waals surface area contributed by atoms with Crippen LogP contribution in [0, 0.1) is 0 Å². The molecule has 0 saturated heterocycles. The van der Waals surface area contributed by atoms with E-state index in [-0.39, 0.29) is 0 Å². The SMILES string of the molecule is CCCOc1nc(Nc2cc(Cl)cc(Cl)c2)ccc1N. The van der Waals surface area contributed by atoms with Crippen LogP contribution in [0.15, 0.2) is 30.3 Å². The predicted octanol–water partition coefficient (Wildman–Crippen LogP) is 4.50. The fourth-order valence-corrected chi connectivity index (χ4v) is 2.14. The highest BCUT2D eigenvalue weighted by Gasteiger charge is 2.05. The number of nitrogens with zero attached hydrogens (tertiary/aromatic N) is 1. The topological polar surface area (TPSA) is 60.2 Å². The first-order valence-electron chi connectivity index (χ1n) is 6.21. The van der Waals surface area contributed by atoms with Crippen molar-refractivity contribution < 1.29 is 4.74 Å². The number of nitrogen functional groups attached to an aromatic ring is 1. The normalized spacial score (nSPS) is 10.3. The van der Waals surface area contributed by atoms with Crippen molar-refractivity contribution in [3.8, 4) is 5.88 Å². The van der Waals surface area contributed by atoms with Gasteiger partial charge in [0.25, 0.3) is 0 Å². The molecule has 1 aromatic carbocycles. The van der Waals surface area contributed by atoms with E-state index in [0.29, 0.717) is 34.0 Å². The molecule has 2 rings (SSSR count). The van der Waals surface area contributed by atoms with Gasteiger partial charge in [-0.15, -0.1) is 0 Å². The van der Waals surface area contributed by atoms with Crippen molar-refractivity contribution in [1.29, 1.82) is 0 Å². The second-order valence-electron chi connectivity index (χ2n) is 4.22. The Kier molecular flexibility index (Phi) is 4.93. The van der Waals surface area contributed by atoms with Gasteiger partial charge in [-0.3, -0.25) is 0 Å². The maximum atomic E-state index is 5.95. The van der Waals surface area contributed by atoms with E-state index in [1.165, 1.54) is 0 Å². The maximum absolute atomic E-state index is 5.95. The Labute approximate surface area is 127 Å². The predicted molar refractivity (Wildman–Crippen MR) is 84.2 cm³/mol. The molecule has 0 fully saturated rings. The van der Waals surface area contributed by atoms with Crippen molar-refractivity contribution in [3.05, 3.63) is 40.4 Å². The van der Waals surface area contributed by atoms with Crippen LogP contribution in [0.25, 0.3) is 0 Å². The van der Waals surface area contributed by atoms with E-state index >= 15 is 0 Å². The number of hydrogen-bond acceptors (Lipinski definition) is 4. The Balaban J connectivity index is 2.20. The van der Waals surface area contributed by atoms with Gasteiger partial charge in [0, 0.05) is 15.7 Å². The van der Waals surface area contributed by atoms with Crippen LogP contribution in [-0.4, -0.2) is 11.6 Å². The molecule has 0 spiro atoms. The summed E-state index contributed by atoms with van der Waals surface area (Å²) in [6, 6.07) is 8.70. The smallest absolute Gasteiger partial charge is 0.239 e. The van der Waals surface area contributed by atoms with Crippen molar-refractivity contribution in [2.75, 3.05) is 17.7 Å². The molecular formula is C14H15Cl2N3O. The van der Waals surface area contributed by atoms with Gasteiger partial charge in [-0.2, -0.15) is 4.98 Å². The van der Waals surface area contributed by atoms with Crippen molar-refractivity contribution in [2.24, 2.45) is 0 Å². The van der Waals surface area contributed by atoms with Gasteiger partial charge in [0.15, 0.2) is 0 Å². The minimum atomic E-state index is 0.421. The van der Waals surface area contributed by atoms with Crippen molar-refractivity contribution in [1.82, 2.24) is 4.98 Å². The number of anilines is 3. The molecule has 0 aliphatic carbocycles. The highest BCUT2D eigenvalue weighted by molar-refractivity contribution is 6.35. The first-order valence-corrected chi connectivity index (χ1v) is 6.96. The van der Waals surface area contributed by atoms with Crippen LogP contribution in [0.1, 0.15) is 13.3 Å². The third kappa shape index (κ3) is 3.92. The Morgan fingerprint density at radius 1 is 1.20 bits per heavy atom. The van der Waals surface area contributed by atoms with Crippen molar-refractivity contribution >= 4 is 40.4 Å². The van der Waals surface area contributed by atoms with Gasteiger partial charge in [0.05, 0.1) is 12.3 Å². The minimum Gasteiger partial charge on any atom is -0.476 e. The van der Waals surface area contributed by atoms with Crippen LogP contribution >= 0.6 is 23.2 Å². The molecule has 4 nitrogen and oxygen atoms in total. The molecule has 0 amide bonds. The second kappa shape index (κ2) is 6.68. The summed E-state index contributed by atoms with van der Waals surface area (Å²) < 4.78 is 5.48. The monoisotopic (exact) mass is 311 g/mol. The molecule has 0 unspecified atom stereocenters. The summed E-state index contributed by atoms with van der Waals surface area (Å²) in [6.07, 6.45) is 0.892. The van der Waals surface area contributed by atoms with Gasteiger partial charge < -0.3 is 15.8 Å². The third-order valence-electron chi connectivity index (χ3n) is 2.47. The molecule has 0 atom stereocenters. The number of ether oxygens (including phenoxy) is 1. The quantitative estimate of drug-likeness (QED) is 0.853. The van der Waals surface area contributed by atoms with Crippen LogP contribution in [0.5, 0.6) is 5.88 Å². The van der Waals surface area contributed by atoms with Gasteiger partial charge in [0.1, 0.15) is 5.82 Å². The first-order chi connectivity index (χ1) is 9.58. The van der Waals surface area contributed by atoms with Crippen LogP contribution in [0.3, 0.4) is 0 Å². The van der Waals surface area contributed by atoms with Crippen LogP contribution < -0.4 is 15.8 Å². The lowest BCUT2D eigenvalue weighted by Gasteiger charge is -2.11. The number of nitrogens with two attached hydrogens (primary N) is 1. The average molecular weight is 312 g/mol. The summed E-state index contributed by atoms with van der Waals surface area (Å²) in [5.74, 6) is 1.04. The summed E-state index contributed by atoms with van der Waals surface area (Å²) in [7, 11) is 0. The van der Waals surface area contributed by atoms with Crippen LogP contribution in [0.4, 0.5) is 17.2 Å². The Morgan fingerprint density at radius 3 is 2.55 bits per heavy atom. The minimum absolute atomic E-state index is 0.421. The Hall–Kier alpha value is -1.65. The molecule has 0 aliphatic rings. The van der Waals surface area contributed by atoms with E-state index in [4.69, 9.17) is 33.7 Å². The molecule has 0 saturated carbocycles. The summed E-state index contributed by atoms with van der Waals surface area (Å²) in [6.45, 7) is 2.59. The van der Waals surface area contributed by atoms with E-state index in [1.54, 1.807) is 30.3 Å². The zero-order valence-electron chi connectivity index (χ0n) is 11.0. The van der Waals surface area contributed by atoms with E-state index < -0.39 is 0 Å². The highest BCUT2D eigenvalue weighted by atomic mass is 35.5. The standard InChI is InChI=1S/C14H15Cl2N3O/c1-2-5-20-14-12(17)3-4-13(19-14)18-11-7-9(15)6-10(16)8-11/h3-4,6-8H,2,5,17H2,1H3,(H,18,19). The largest absolute Gasteiger partial charge is 0.476 e. The van der Waals surface area contributed by atoms with Gasteiger partial charge in [-0.1, -0.05) is 30.1 Å². The fraction of sp³-hybridized carbons (Fsp3) is 0.214. The molecule has 1 aromatic heterocycles. The zero-order chi connectivity index (χ0) is 14.5. The lowest BCUT2D eigenvalue weighted by atomic mass is 10.3. The number of aromatic nitrogens is 1. The summed E-state index contributed by atoms with van der Waals surface area (Å²) in [5, 5.41) is 4.22. The number of rotatable bonds is 5. The van der Waals surface area contributed by atoms with Gasteiger partial charge >= 0.3 is 0 Å². The average Bonchev–Trinajstić information content (AvgIpc) is 2.38. The summed E-state index contributed by atoms with van der Waals surface area (Å²) in [5.41, 5.74) is 7.07. The number of nitrogens with one attached hydrogen (secondary N) is 1. The number of pyridine rings is 1. The van der Waals surface area contributed by atoms with Gasteiger partial charge in [-0.05, 0) is 36.8 Å². The van der Waals surface area contributed by atoms with Gasteiger partial charge in [-0.25, -0.2) is 0 Å². The molecule has 20 heavy (non-hydrogen) atoms. The van der Waals surface area contributed by atoms with E-state index in [1.807, 2.05) is 6.92 Å². The maximum Gasteiger partial charge on any atom is 0.239 e. The van der Waals surface area contributed by atoms with Crippen LogP contribution in [0.2, 0.25) is 10.0 Å². The molecule has 3 N–H and O–H groups in total. The Bertz CT molecular complexity index is 585. The summed E-state index contributed by atoms with van der Waals surface area (Å²) in [4.78, 5) is 4.32. The molecule has 2 aromatic rings. The highest BCUT2D eigenvalue weighted by Crippen LogP contribution is 2.27. The molecule has 0 radical (unpaired) electrons. The second-order valence-corrected chi connectivity index (χ2v) is 5.10. The number of halogens is 2. The third-order valence-corrected chi connectivity index (χ3v) is 2.90. The number of hydrogen-bond donors (Lipinski definition) is 2. The molecule has 0 aliphatic heterocycles. The van der Waals surface area contributed by atoms with Crippen molar-refractivity contribution in [3.63, 3.8) is 0 Å². The fourth-order valence-electron chi connectivity index (χ4n) is 1.61. The van der Waals surface area contributed by atoms with Gasteiger partial charge in [0.2, 0.25) is 5.88 Å². The van der Waals surface area contributed by atoms with E-state index in [2.05, 4.69) is 10.3 Å². The molecule has 106 valence electrons. The molecule has 0 bridgehead atoms. The summed E-state index contributed by atoms with van der Waals surface area (Å²) >= 11 is 11.9. The van der Waals surface area contributed by atoms with Crippen LogP contribution in [-0.2, 0) is 0 Å². The van der Waals surface area contributed by atoms with Crippen molar-refractivity contribution in [2.45, 2.75) is 13.3 Å². The molecular weight excluding hydrogens is 297 g/mol. The lowest BCUT2D eigenvalue weighted by Crippen LogP contribution is -2.03. The molecule has 6 heteroatoms. The first kappa shape index (κ1) is 14.8. The molecule has 1 heterocycles. The zero-order valence-corrected chi connectivity index (χ0v) is 12.5. The van der Waals surface area contributed by atoms with E-state index in [0.717, 1.165) is 12.1 Å². The van der Waals surface area contributed by atoms with E-state index in [9.17, 15) is 0 Å². The number of benzene rings is 1. The Morgan fingerprint density at radius 2 is 1.90 bits per heavy atom.